The van der Waals surface area contributed by atoms with Crippen LogP contribution in [0.4, 0.5) is 15.8 Å². The molecule has 2 aromatic rings. The Kier molecular flexibility index (Phi) is 5.43. The first kappa shape index (κ1) is 18.1. The second kappa shape index (κ2) is 7.52. The van der Waals surface area contributed by atoms with Gasteiger partial charge in [-0.25, -0.2) is 9.18 Å². The van der Waals surface area contributed by atoms with Crippen molar-refractivity contribution in [2.24, 2.45) is 0 Å². The molecule has 130 valence electrons. The number of nitro groups is 1. The Balaban J connectivity index is 2.03. The number of hydrogen-bond acceptors (Lipinski definition) is 5. The van der Waals surface area contributed by atoms with Crippen molar-refractivity contribution in [1.82, 2.24) is 0 Å². The van der Waals surface area contributed by atoms with E-state index in [1.165, 1.54) is 24.3 Å². The van der Waals surface area contributed by atoms with Gasteiger partial charge in [-0.15, -0.1) is 0 Å². The summed E-state index contributed by atoms with van der Waals surface area (Å²) in [4.78, 5) is 34.1. The minimum atomic E-state index is -0.867. The van der Waals surface area contributed by atoms with E-state index in [1.54, 1.807) is 19.9 Å². The number of carbonyl (C=O) groups excluding carboxylic acids is 2. The fourth-order valence-electron chi connectivity index (χ4n) is 2.08. The lowest BCUT2D eigenvalue weighted by atomic mass is 10.1. The van der Waals surface area contributed by atoms with Crippen LogP contribution in [-0.2, 0) is 9.53 Å². The third kappa shape index (κ3) is 4.37. The average molecular weight is 346 g/mol. The smallest absolute Gasteiger partial charge is 0.338 e. The second-order valence-electron chi connectivity index (χ2n) is 5.31. The normalized spacial score (nSPS) is 10.2. The summed E-state index contributed by atoms with van der Waals surface area (Å²) in [6.45, 7) is 2.50. The van der Waals surface area contributed by atoms with Crippen LogP contribution in [-0.4, -0.2) is 23.4 Å². The lowest BCUT2D eigenvalue weighted by Crippen LogP contribution is -2.22. The Morgan fingerprint density at radius 1 is 1.20 bits per heavy atom. The number of hydrogen-bond donors (Lipinski definition) is 1. The number of nitro benzene ring substituents is 1. The van der Waals surface area contributed by atoms with Gasteiger partial charge in [0.1, 0.15) is 11.5 Å². The Morgan fingerprint density at radius 3 is 2.56 bits per heavy atom. The highest BCUT2D eigenvalue weighted by Crippen LogP contribution is 2.27. The van der Waals surface area contributed by atoms with E-state index in [0.29, 0.717) is 11.1 Å². The molecule has 7 nitrogen and oxygen atoms in total. The van der Waals surface area contributed by atoms with Crippen LogP contribution in [0.3, 0.4) is 0 Å². The highest BCUT2D eigenvalue weighted by molar-refractivity contribution is 5.97. The van der Waals surface area contributed by atoms with Gasteiger partial charge in [0.25, 0.3) is 11.6 Å². The number of carbonyl (C=O) groups is 2. The quantitative estimate of drug-likeness (QED) is 0.509. The molecular formula is C17H15FN2O5. The number of ether oxygens (including phenoxy) is 1. The molecule has 0 heterocycles. The van der Waals surface area contributed by atoms with Gasteiger partial charge in [0.05, 0.1) is 10.5 Å². The van der Waals surface area contributed by atoms with Gasteiger partial charge in [0.2, 0.25) is 0 Å². The summed E-state index contributed by atoms with van der Waals surface area (Å²) in [6.07, 6.45) is 0. The lowest BCUT2D eigenvalue weighted by molar-refractivity contribution is -0.384. The number of amides is 1. The lowest BCUT2D eigenvalue weighted by Gasteiger charge is -2.09. The van der Waals surface area contributed by atoms with Crippen molar-refractivity contribution in [3.05, 3.63) is 69.0 Å². The molecular weight excluding hydrogens is 331 g/mol. The molecule has 0 fully saturated rings. The van der Waals surface area contributed by atoms with Gasteiger partial charge in [0, 0.05) is 6.07 Å². The third-order valence-corrected chi connectivity index (χ3v) is 3.45. The van der Waals surface area contributed by atoms with Crippen LogP contribution in [0.25, 0.3) is 0 Å². The number of nitrogens with one attached hydrogen (secondary N) is 1. The molecule has 0 saturated carbocycles. The van der Waals surface area contributed by atoms with E-state index in [2.05, 4.69) is 5.32 Å². The molecule has 0 unspecified atom stereocenters. The summed E-state index contributed by atoms with van der Waals surface area (Å²) < 4.78 is 18.2. The maximum atomic E-state index is 13.4. The van der Waals surface area contributed by atoms with Crippen LogP contribution in [0.2, 0.25) is 0 Å². The Labute approximate surface area is 142 Å². The van der Waals surface area contributed by atoms with Gasteiger partial charge in [-0.3, -0.25) is 14.9 Å². The van der Waals surface area contributed by atoms with Crippen LogP contribution >= 0.6 is 0 Å². The first-order valence-corrected chi connectivity index (χ1v) is 7.26. The number of rotatable bonds is 5. The van der Waals surface area contributed by atoms with Gasteiger partial charge in [0.15, 0.2) is 6.61 Å². The Bertz CT molecular complexity index is 851. The van der Waals surface area contributed by atoms with Crippen molar-refractivity contribution in [1.29, 1.82) is 0 Å². The van der Waals surface area contributed by atoms with E-state index in [9.17, 15) is 24.1 Å². The molecule has 2 aromatic carbocycles. The van der Waals surface area contributed by atoms with E-state index >= 15 is 0 Å². The average Bonchev–Trinajstić information content (AvgIpc) is 2.56. The number of nitrogens with zero attached hydrogens (tertiary/aromatic N) is 1. The van der Waals surface area contributed by atoms with Gasteiger partial charge < -0.3 is 10.1 Å². The van der Waals surface area contributed by atoms with E-state index in [1.807, 2.05) is 0 Å². The zero-order chi connectivity index (χ0) is 18.6. The molecule has 1 amide bonds. The van der Waals surface area contributed by atoms with E-state index in [4.69, 9.17) is 4.74 Å². The molecule has 0 radical (unpaired) electrons. The fraction of sp³-hybridized carbons (Fsp3) is 0.176. The van der Waals surface area contributed by atoms with E-state index < -0.39 is 29.2 Å². The van der Waals surface area contributed by atoms with Crippen LogP contribution in [0, 0.1) is 29.8 Å². The number of halogens is 1. The summed E-state index contributed by atoms with van der Waals surface area (Å²) in [5.41, 5.74) is 0.614. The Morgan fingerprint density at radius 2 is 1.92 bits per heavy atom. The maximum absolute atomic E-state index is 13.4. The largest absolute Gasteiger partial charge is 0.452 e. The minimum Gasteiger partial charge on any atom is -0.452 e. The van der Waals surface area contributed by atoms with Gasteiger partial charge >= 0.3 is 5.97 Å². The van der Waals surface area contributed by atoms with Crippen LogP contribution in [0.1, 0.15) is 21.5 Å². The molecule has 0 spiro atoms. The third-order valence-electron chi connectivity index (χ3n) is 3.45. The van der Waals surface area contributed by atoms with Crippen LogP contribution < -0.4 is 5.32 Å². The summed E-state index contributed by atoms with van der Waals surface area (Å²) in [5, 5.41) is 13.4. The number of esters is 1. The molecule has 0 aromatic heterocycles. The highest BCUT2D eigenvalue weighted by atomic mass is 19.1. The molecule has 1 N–H and O–H groups in total. The van der Waals surface area contributed by atoms with E-state index in [-0.39, 0.29) is 16.9 Å². The van der Waals surface area contributed by atoms with Crippen molar-refractivity contribution in [3.8, 4) is 0 Å². The SMILES string of the molecule is Cc1ccc(C(=O)OCC(=O)Nc2c(C)cccc2[N+](=O)[O-])cc1F. The van der Waals surface area contributed by atoms with Gasteiger partial charge in [-0.1, -0.05) is 18.2 Å². The molecule has 25 heavy (non-hydrogen) atoms. The number of anilines is 1. The minimum absolute atomic E-state index is 0.0298. The zero-order valence-electron chi connectivity index (χ0n) is 13.5. The van der Waals surface area contributed by atoms with Crippen molar-refractivity contribution in [3.63, 3.8) is 0 Å². The van der Waals surface area contributed by atoms with Gasteiger partial charge in [-0.05, 0) is 37.1 Å². The first-order chi connectivity index (χ1) is 11.8. The standard InChI is InChI=1S/C17H15FN2O5/c1-10-6-7-12(8-13(10)18)17(22)25-9-15(21)19-16-11(2)4-3-5-14(16)20(23)24/h3-8H,9H2,1-2H3,(H,19,21). The predicted octanol–water partition coefficient (Wildman–Crippen LogP) is 3.15. The van der Waals surface area contributed by atoms with Crippen molar-refractivity contribution in [2.75, 3.05) is 11.9 Å². The summed E-state index contributed by atoms with van der Waals surface area (Å²) in [5.74, 6) is -2.17. The summed E-state index contributed by atoms with van der Waals surface area (Å²) in [6, 6.07) is 8.16. The van der Waals surface area contributed by atoms with Crippen molar-refractivity contribution in [2.45, 2.75) is 13.8 Å². The molecule has 0 aliphatic carbocycles. The van der Waals surface area contributed by atoms with Crippen molar-refractivity contribution < 1.29 is 23.6 Å². The first-order valence-electron chi connectivity index (χ1n) is 7.26. The number of para-hydroxylation sites is 1. The maximum Gasteiger partial charge on any atom is 0.338 e. The second-order valence-corrected chi connectivity index (χ2v) is 5.31. The summed E-state index contributed by atoms with van der Waals surface area (Å²) >= 11 is 0. The highest BCUT2D eigenvalue weighted by Gasteiger charge is 2.19. The van der Waals surface area contributed by atoms with Crippen molar-refractivity contribution >= 4 is 23.3 Å². The van der Waals surface area contributed by atoms with Crippen LogP contribution in [0.5, 0.6) is 0 Å². The molecule has 0 saturated heterocycles. The molecule has 0 aliphatic rings. The predicted molar refractivity (Wildman–Crippen MR) is 87.9 cm³/mol. The summed E-state index contributed by atoms with van der Waals surface area (Å²) in [7, 11) is 0. The molecule has 8 heteroatoms. The van der Waals surface area contributed by atoms with Gasteiger partial charge in [-0.2, -0.15) is 0 Å². The number of aryl methyl sites for hydroxylation is 2. The number of benzene rings is 2. The molecule has 0 atom stereocenters. The molecule has 2 rings (SSSR count). The topological polar surface area (TPSA) is 98.5 Å². The fourth-order valence-corrected chi connectivity index (χ4v) is 2.08. The zero-order valence-corrected chi connectivity index (χ0v) is 13.5. The van der Waals surface area contributed by atoms with E-state index in [0.717, 1.165) is 6.07 Å². The monoisotopic (exact) mass is 346 g/mol. The molecule has 0 bridgehead atoms. The Hall–Kier alpha value is -3.29. The molecule has 0 aliphatic heterocycles. The van der Waals surface area contributed by atoms with Crippen LogP contribution in [0.15, 0.2) is 36.4 Å².